The summed E-state index contributed by atoms with van der Waals surface area (Å²) in [6.45, 7) is 6.26. The summed E-state index contributed by atoms with van der Waals surface area (Å²) >= 11 is 0. The van der Waals surface area contributed by atoms with Gasteiger partial charge in [0.25, 0.3) is 11.6 Å². The van der Waals surface area contributed by atoms with Crippen molar-refractivity contribution in [2.75, 3.05) is 26.2 Å². The van der Waals surface area contributed by atoms with E-state index in [9.17, 15) is 14.9 Å². The number of nitro groups is 1. The first-order valence-corrected chi connectivity index (χ1v) is 6.90. The lowest BCUT2D eigenvalue weighted by Gasteiger charge is -2.29. The van der Waals surface area contributed by atoms with Gasteiger partial charge < -0.3 is 15.0 Å². The lowest BCUT2D eigenvalue weighted by molar-refractivity contribution is -0.385. The molecule has 1 aromatic rings. The maximum atomic E-state index is 12.2. The highest BCUT2D eigenvalue weighted by Crippen LogP contribution is 2.24. The topological polar surface area (TPSA) is 84.7 Å². The van der Waals surface area contributed by atoms with Gasteiger partial charge in [-0.05, 0) is 26.0 Å². The standard InChI is InChI=1S/C14H19N3O4/c1-10-9-12(3-4-13(10)17(19)20)21-11(2)14(18)16-7-5-15-6-8-16/h3-4,9,11,15H,5-8H2,1-2H3. The molecule has 1 aromatic carbocycles. The number of carbonyl (C=O) groups is 1. The summed E-state index contributed by atoms with van der Waals surface area (Å²) in [6.07, 6.45) is -0.607. The zero-order valence-electron chi connectivity index (χ0n) is 12.2. The number of hydrogen-bond acceptors (Lipinski definition) is 5. The van der Waals surface area contributed by atoms with Gasteiger partial charge in [-0.3, -0.25) is 14.9 Å². The molecule has 1 aliphatic heterocycles. The smallest absolute Gasteiger partial charge is 0.272 e. The minimum Gasteiger partial charge on any atom is -0.481 e. The number of ether oxygens (including phenoxy) is 1. The Morgan fingerprint density at radius 1 is 1.43 bits per heavy atom. The van der Waals surface area contributed by atoms with Crippen molar-refractivity contribution in [1.82, 2.24) is 10.2 Å². The summed E-state index contributed by atoms with van der Waals surface area (Å²) in [5.41, 5.74) is 0.558. The van der Waals surface area contributed by atoms with Crippen molar-refractivity contribution in [3.63, 3.8) is 0 Å². The Bertz CT molecular complexity index is 541. The predicted octanol–water partition coefficient (Wildman–Crippen LogP) is 1.10. The predicted molar refractivity (Wildman–Crippen MR) is 77.4 cm³/mol. The third kappa shape index (κ3) is 3.69. The minimum atomic E-state index is -0.607. The summed E-state index contributed by atoms with van der Waals surface area (Å²) in [6, 6.07) is 4.50. The lowest BCUT2D eigenvalue weighted by atomic mass is 10.2. The summed E-state index contributed by atoms with van der Waals surface area (Å²) in [7, 11) is 0. The summed E-state index contributed by atoms with van der Waals surface area (Å²) in [4.78, 5) is 24.3. The van der Waals surface area contributed by atoms with Gasteiger partial charge in [0.2, 0.25) is 0 Å². The molecular formula is C14H19N3O4. The van der Waals surface area contributed by atoms with Crippen LogP contribution < -0.4 is 10.1 Å². The largest absolute Gasteiger partial charge is 0.481 e. The number of amides is 1. The number of benzene rings is 1. The molecule has 7 heteroatoms. The Morgan fingerprint density at radius 2 is 2.10 bits per heavy atom. The lowest BCUT2D eigenvalue weighted by Crippen LogP contribution is -2.50. The monoisotopic (exact) mass is 293 g/mol. The van der Waals surface area contributed by atoms with E-state index >= 15 is 0 Å². The number of piperazine rings is 1. The van der Waals surface area contributed by atoms with Crippen LogP contribution in [0, 0.1) is 17.0 Å². The second kappa shape index (κ2) is 6.53. The van der Waals surface area contributed by atoms with E-state index in [-0.39, 0.29) is 11.6 Å². The molecule has 0 aromatic heterocycles. The number of nitro benzene ring substituents is 1. The first kappa shape index (κ1) is 15.2. The molecule has 1 unspecified atom stereocenters. The molecule has 1 atom stereocenters. The third-order valence-electron chi connectivity index (χ3n) is 3.45. The molecule has 0 spiro atoms. The van der Waals surface area contributed by atoms with Gasteiger partial charge in [-0.25, -0.2) is 0 Å². The van der Waals surface area contributed by atoms with E-state index in [0.717, 1.165) is 13.1 Å². The molecule has 2 rings (SSSR count). The molecular weight excluding hydrogens is 274 g/mol. The number of rotatable bonds is 4. The quantitative estimate of drug-likeness (QED) is 0.664. The van der Waals surface area contributed by atoms with Crippen LogP contribution in [0.4, 0.5) is 5.69 Å². The fourth-order valence-electron chi connectivity index (χ4n) is 2.30. The Hall–Kier alpha value is -2.15. The van der Waals surface area contributed by atoms with Crippen LogP contribution in [-0.4, -0.2) is 48.0 Å². The zero-order chi connectivity index (χ0) is 15.4. The van der Waals surface area contributed by atoms with Crippen LogP contribution in [0.3, 0.4) is 0 Å². The average molecular weight is 293 g/mol. The minimum absolute atomic E-state index is 0.0448. The van der Waals surface area contributed by atoms with E-state index in [1.807, 2.05) is 0 Å². The molecule has 1 heterocycles. The summed E-state index contributed by atoms with van der Waals surface area (Å²) in [5.74, 6) is 0.404. The Balaban J connectivity index is 2.01. The summed E-state index contributed by atoms with van der Waals surface area (Å²) in [5, 5.41) is 14.0. The van der Waals surface area contributed by atoms with Crippen molar-refractivity contribution in [3.8, 4) is 5.75 Å². The van der Waals surface area contributed by atoms with Crippen molar-refractivity contribution < 1.29 is 14.5 Å². The van der Waals surface area contributed by atoms with Crippen LogP contribution in [0.25, 0.3) is 0 Å². The fourth-order valence-corrected chi connectivity index (χ4v) is 2.30. The Morgan fingerprint density at radius 3 is 2.67 bits per heavy atom. The van der Waals surface area contributed by atoms with Gasteiger partial charge in [-0.2, -0.15) is 0 Å². The third-order valence-corrected chi connectivity index (χ3v) is 3.45. The Kier molecular flexibility index (Phi) is 4.74. The van der Waals surface area contributed by atoms with Gasteiger partial charge in [0.05, 0.1) is 4.92 Å². The molecule has 1 fully saturated rings. The van der Waals surface area contributed by atoms with Gasteiger partial charge in [0.15, 0.2) is 6.10 Å². The van der Waals surface area contributed by atoms with E-state index < -0.39 is 11.0 Å². The van der Waals surface area contributed by atoms with E-state index in [0.29, 0.717) is 24.4 Å². The van der Waals surface area contributed by atoms with Gasteiger partial charge in [-0.15, -0.1) is 0 Å². The van der Waals surface area contributed by atoms with E-state index in [2.05, 4.69) is 5.32 Å². The van der Waals surface area contributed by atoms with Crippen LogP contribution in [0.2, 0.25) is 0 Å². The Labute approximate surface area is 123 Å². The van der Waals surface area contributed by atoms with Crippen LogP contribution in [-0.2, 0) is 4.79 Å². The van der Waals surface area contributed by atoms with Gasteiger partial charge in [0.1, 0.15) is 5.75 Å². The van der Waals surface area contributed by atoms with Crippen LogP contribution in [0.5, 0.6) is 5.75 Å². The molecule has 1 amide bonds. The summed E-state index contributed by atoms with van der Waals surface area (Å²) < 4.78 is 5.61. The first-order chi connectivity index (χ1) is 9.99. The fraction of sp³-hybridized carbons (Fsp3) is 0.500. The van der Waals surface area contributed by atoms with Crippen LogP contribution in [0.15, 0.2) is 18.2 Å². The molecule has 1 saturated heterocycles. The maximum Gasteiger partial charge on any atom is 0.272 e. The van der Waals surface area contributed by atoms with Crippen LogP contribution >= 0.6 is 0 Å². The second-order valence-corrected chi connectivity index (χ2v) is 5.04. The molecule has 114 valence electrons. The highest BCUT2D eigenvalue weighted by Gasteiger charge is 2.23. The number of nitrogens with zero attached hydrogens (tertiary/aromatic N) is 2. The van der Waals surface area contributed by atoms with Gasteiger partial charge in [-0.1, -0.05) is 0 Å². The van der Waals surface area contributed by atoms with Crippen LogP contribution in [0.1, 0.15) is 12.5 Å². The number of hydrogen-bond donors (Lipinski definition) is 1. The van der Waals surface area contributed by atoms with Crippen molar-refractivity contribution in [2.24, 2.45) is 0 Å². The van der Waals surface area contributed by atoms with E-state index in [4.69, 9.17) is 4.74 Å². The molecule has 1 aliphatic rings. The molecule has 7 nitrogen and oxygen atoms in total. The normalized spacial score (nSPS) is 16.4. The van der Waals surface area contributed by atoms with E-state index in [1.54, 1.807) is 24.8 Å². The molecule has 0 bridgehead atoms. The maximum absolute atomic E-state index is 12.2. The number of carbonyl (C=O) groups excluding carboxylic acids is 1. The highest BCUT2D eigenvalue weighted by molar-refractivity contribution is 5.81. The molecule has 0 aliphatic carbocycles. The van der Waals surface area contributed by atoms with Crippen molar-refractivity contribution >= 4 is 11.6 Å². The van der Waals surface area contributed by atoms with Crippen molar-refractivity contribution in [1.29, 1.82) is 0 Å². The zero-order valence-corrected chi connectivity index (χ0v) is 12.2. The van der Waals surface area contributed by atoms with Gasteiger partial charge in [0, 0.05) is 37.8 Å². The van der Waals surface area contributed by atoms with E-state index in [1.165, 1.54) is 12.1 Å². The SMILES string of the molecule is Cc1cc(OC(C)C(=O)N2CCNCC2)ccc1[N+](=O)[O-]. The molecule has 1 N–H and O–H groups in total. The average Bonchev–Trinajstić information content (AvgIpc) is 2.47. The molecule has 21 heavy (non-hydrogen) atoms. The second-order valence-electron chi connectivity index (χ2n) is 5.04. The molecule has 0 radical (unpaired) electrons. The number of aryl methyl sites for hydroxylation is 1. The van der Waals surface area contributed by atoms with Crippen molar-refractivity contribution in [2.45, 2.75) is 20.0 Å². The highest BCUT2D eigenvalue weighted by atomic mass is 16.6. The van der Waals surface area contributed by atoms with Crippen molar-refractivity contribution in [3.05, 3.63) is 33.9 Å². The first-order valence-electron chi connectivity index (χ1n) is 6.90. The molecule has 0 saturated carbocycles. The van der Waals surface area contributed by atoms with Gasteiger partial charge >= 0.3 is 0 Å². The number of nitrogens with one attached hydrogen (secondary N) is 1.